The third-order valence-electron chi connectivity index (χ3n) is 6.40. The van der Waals surface area contributed by atoms with E-state index in [2.05, 4.69) is 9.71 Å². The van der Waals surface area contributed by atoms with Crippen molar-refractivity contribution in [1.82, 2.24) is 9.55 Å². The third kappa shape index (κ3) is 8.47. The highest BCUT2D eigenvalue weighted by atomic mass is 35.5. The van der Waals surface area contributed by atoms with Gasteiger partial charge in [-0.1, -0.05) is 70.5 Å². The first-order chi connectivity index (χ1) is 21.6. The molecule has 0 aliphatic rings. The molecule has 0 aliphatic carbocycles. The van der Waals surface area contributed by atoms with E-state index in [0.717, 1.165) is 10.1 Å². The largest absolute Gasteiger partial charge is 0.448 e. The molecule has 0 atom stereocenters. The number of carbonyl (C=O) groups excluding carboxylic acids is 2. The predicted molar refractivity (Wildman–Crippen MR) is 181 cm³/mol. The van der Waals surface area contributed by atoms with E-state index in [0.29, 0.717) is 28.5 Å². The topological polar surface area (TPSA) is 128 Å². The van der Waals surface area contributed by atoms with Gasteiger partial charge >= 0.3 is 6.09 Å². The zero-order valence-electron chi connectivity index (χ0n) is 24.5. The molecule has 2 aromatic heterocycles. The number of rotatable bonds is 14. The molecule has 4 aromatic rings. The van der Waals surface area contributed by atoms with Crippen molar-refractivity contribution in [1.29, 1.82) is 0 Å². The van der Waals surface area contributed by atoms with Crippen LogP contribution in [0, 0.1) is 5.82 Å². The number of ketones is 1. The maximum absolute atomic E-state index is 16.1. The van der Waals surface area contributed by atoms with Crippen LogP contribution >= 0.6 is 33.2 Å². The van der Waals surface area contributed by atoms with E-state index >= 15 is 4.39 Å². The zero-order valence-corrected chi connectivity index (χ0v) is 27.7. The monoisotopic (exact) mass is 691 g/mol. The number of hydrogen-bond donors (Lipinski definition) is 2. The van der Waals surface area contributed by atoms with Crippen molar-refractivity contribution in [3.63, 3.8) is 0 Å². The smallest absolute Gasteiger partial charge is 0.419 e. The van der Waals surface area contributed by atoms with Gasteiger partial charge in [-0.05, 0) is 48.7 Å². The maximum Gasteiger partial charge on any atom is 0.419 e. The van der Waals surface area contributed by atoms with Crippen LogP contribution in [0.2, 0.25) is 5.02 Å². The minimum absolute atomic E-state index is 0.0311. The van der Waals surface area contributed by atoms with Crippen molar-refractivity contribution in [2.24, 2.45) is 0 Å². The van der Waals surface area contributed by atoms with Crippen molar-refractivity contribution in [3.8, 4) is 11.1 Å². The van der Waals surface area contributed by atoms with Crippen LogP contribution in [-0.4, -0.2) is 65.4 Å². The van der Waals surface area contributed by atoms with Crippen LogP contribution in [0.4, 0.5) is 14.9 Å². The van der Waals surface area contributed by atoms with Crippen molar-refractivity contribution >= 4 is 77.9 Å². The number of aliphatic hydroxyl groups excluding tert-OH is 1. The Hall–Kier alpha value is -3.36. The highest BCUT2D eigenvalue weighted by Gasteiger charge is 2.27. The number of carbonyl (C=O) groups is 2. The predicted octanol–water partition coefficient (Wildman–Crippen LogP) is 7.27. The van der Waals surface area contributed by atoms with Crippen molar-refractivity contribution in [2.45, 2.75) is 20.3 Å². The highest BCUT2D eigenvalue weighted by Crippen LogP contribution is 2.32. The molecule has 0 saturated heterocycles. The molecule has 9 nitrogen and oxygen atoms in total. The number of pyridine rings is 1. The number of ether oxygens (including phenoxy) is 1. The molecule has 0 unspecified atom stereocenters. The van der Waals surface area contributed by atoms with Gasteiger partial charge in [-0.15, -0.1) is 0 Å². The van der Waals surface area contributed by atoms with Gasteiger partial charge in [0.25, 0.3) is 0 Å². The minimum atomic E-state index is -3.86. The van der Waals surface area contributed by atoms with E-state index in [1.807, 2.05) is 0 Å². The second-order valence-corrected chi connectivity index (χ2v) is 14.6. The normalized spacial score (nSPS) is 11.8. The summed E-state index contributed by atoms with van der Waals surface area (Å²) < 4.78 is 49.8. The number of halogens is 2. The number of aromatic nitrogens is 2. The van der Waals surface area contributed by atoms with Crippen LogP contribution in [0.1, 0.15) is 41.8 Å². The summed E-state index contributed by atoms with van der Waals surface area (Å²) in [6, 6.07) is 11.4. The lowest BCUT2D eigenvalue weighted by atomic mass is 9.96. The Bertz CT molecular complexity index is 1830. The third-order valence-corrected chi connectivity index (χ3v) is 10.5. The van der Waals surface area contributed by atoms with Gasteiger partial charge in [0.15, 0.2) is 11.6 Å². The number of benzene rings is 2. The standard InChI is InChI=1S/C31H31ClFN3O6S3/c1-3-5-21-8-11-26(35-45(40,41)16-4-2)28(33)27(21)29(38)25-19-36(31(39)42-13-15-44-43-14-12-37)30-24(25)17-22(18-34-30)20-6-9-23(32)10-7-20/h3,5-11,17-19,35,37H,4,12-16H2,1-2H3/b5-3+. The molecule has 0 amide bonds. The molecule has 0 radical (unpaired) electrons. The van der Waals surface area contributed by atoms with Crippen LogP contribution in [0.5, 0.6) is 0 Å². The quantitative estimate of drug-likeness (QED) is 0.0797. The van der Waals surface area contributed by atoms with Gasteiger partial charge in [0.1, 0.15) is 12.3 Å². The summed E-state index contributed by atoms with van der Waals surface area (Å²) in [6.07, 6.45) is 5.50. The molecule has 0 aliphatic heterocycles. The summed E-state index contributed by atoms with van der Waals surface area (Å²) in [7, 11) is -0.978. The fourth-order valence-electron chi connectivity index (χ4n) is 4.46. The van der Waals surface area contributed by atoms with Crippen LogP contribution < -0.4 is 4.72 Å². The number of fused-ring (bicyclic) bond motifs is 1. The van der Waals surface area contributed by atoms with Gasteiger partial charge in [0.05, 0.1) is 29.2 Å². The summed E-state index contributed by atoms with van der Waals surface area (Å²) in [6.45, 7) is 3.49. The van der Waals surface area contributed by atoms with Gasteiger partial charge in [-0.3, -0.25) is 9.52 Å². The van der Waals surface area contributed by atoms with Gasteiger partial charge in [-0.25, -0.2) is 27.2 Å². The van der Waals surface area contributed by atoms with Crippen LogP contribution in [0.3, 0.4) is 0 Å². The Morgan fingerprint density at radius 2 is 1.87 bits per heavy atom. The molecule has 238 valence electrons. The molecule has 4 rings (SSSR count). The second-order valence-electron chi connectivity index (χ2n) is 9.64. The molecule has 2 heterocycles. The Morgan fingerprint density at radius 1 is 1.13 bits per heavy atom. The SMILES string of the molecule is C/C=C/c1ccc(NS(=O)(=O)CCC)c(F)c1C(=O)c1cn(C(=O)OCCSSCCO)c2ncc(-c3ccc(Cl)cc3)cc12. The van der Waals surface area contributed by atoms with Crippen LogP contribution in [0.15, 0.2) is 60.9 Å². The molecule has 2 aromatic carbocycles. The van der Waals surface area contributed by atoms with Gasteiger partial charge in [-0.2, -0.15) is 0 Å². The highest BCUT2D eigenvalue weighted by molar-refractivity contribution is 8.76. The van der Waals surface area contributed by atoms with Gasteiger partial charge in [0, 0.05) is 39.9 Å². The summed E-state index contributed by atoms with van der Waals surface area (Å²) in [4.78, 5) is 31.9. The fourth-order valence-corrected chi connectivity index (χ4v) is 7.31. The van der Waals surface area contributed by atoms with Crippen LogP contribution in [-0.2, 0) is 14.8 Å². The number of sulfonamides is 1. The number of aliphatic hydroxyl groups is 1. The molecule has 0 saturated carbocycles. The van der Waals surface area contributed by atoms with Crippen LogP contribution in [0.25, 0.3) is 28.2 Å². The average Bonchev–Trinajstić information content (AvgIpc) is 3.39. The molecule has 0 bridgehead atoms. The zero-order chi connectivity index (χ0) is 32.6. The fraction of sp³-hybridized carbons (Fsp3) is 0.258. The van der Waals surface area contributed by atoms with E-state index < -0.39 is 27.7 Å². The Balaban J connectivity index is 1.83. The first-order valence-corrected chi connectivity index (χ1v) is 18.4. The van der Waals surface area contributed by atoms with Gasteiger partial charge < -0.3 is 9.84 Å². The van der Waals surface area contributed by atoms with Crippen molar-refractivity contribution < 1.29 is 32.2 Å². The number of nitrogens with one attached hydrogen (secondary N) is 1. The first-order valence-electron chi connectivity index (χ1n) is 13.9. The van der Waals surface area contributed by atoms with Crippen molar-refractivity contribution in [3.05, 3.63) is 88.5 Å². The second kappa shape index (κ2) is 15.8. The first kappa shape index (κ1) is 34.5. The lowest BCUT2D eigenvalue weighted by Gasteiger charge is -2.13. The summed E-state index contributed by atoms with van der Waals surface area (Å²) in [5.41, 5.74) is 0.944. The summed E-state index contributed by atoms with van der Waals surface area (Å²) in [5, 5.41) is 9.72. The summed E-state index contributed by atoms with van der Waals surface area (Å²) in [5.74, 6) is -1.04. The van der Waals surface area contributed by atoms with E-state index in [4.69, 9.17) is 21.4 Å². The van der Waals surface area contributed by atoms with E-state index in [1.54, 1.807) is 56.5 Å². The Labute approximate surface area is 273 Å². The van der Waals surface area contributed by atoms with E-state index in [-0.39, 0.29) is 52.4 Å². The number of nitrogens with zero attached hydrogens (tertiary/aromatic N) is 2. The number of anilines is 1. The molecule has 0 spiro atoms. The number of hydrogen-bond acceptors (Lipinski definition) is 9. The lowest BCUT2D eigenvalue weighted by Crippen LogP contribution is -2.18. The number of allylic oxidation sites excluding steroid dienone is 1. The molecule has 2 N–H and O–H groups in total. The molecule has 14 heteroatoms. The lowest BCUT2D eigenvalue weighted by molar-refractivity contribution is 0.103. The Kier molecular flexibility index (Phi) is 12.1. The van der Waals surface area contributed by atoms with Gasteiger partial charge in [0.2, 0.25) is 10.0 Å². The average molecular weight is 692 g/mol. The summed E-state index contributed by atoms with van der Waals surface area (Å²) >= 11 is 6.06. The van der Waals surface area contributed by atoms with Crippen molar-refractivity contribution in [2.75, 3.05) is 35.2 Å². The van der Waals surface area contributed by atoms with E-state index in [1.165, 1.54) is 46.0 Å². The molecular weight excluding hydrogens is 661 g/mol. The molecular formula is C31H31ClFN3O6S3. The minimum Gasteiger partial charge on any atom is -0.448 e. The maximum atomic E-state index is 16.1. The van der Waals surface area contributed by atoms with E-state index in [9.17, 15) is 18.0 Å². The molecule has 45 heavy (non-hydrogen) atoms. The molecule has 0 fully saturated rings. The Morgan fingerprint density at radius 3 is 2.56 bits per heavy atom.